The van der Waals surface area contributed by atoms with Gasteiger partial charge in [0.15, 0.2) is 0 Å². The van der Waals surface area contributed by atoms with E-state index in [1.165, 1.54) is 0 Å². The highest BCUT2D eigenvalue weighted by atomic mass is 16.5. The quantitative estimate of drug-likeness (QED) is 0.734. The number of ether oxygens (including phenoxy) is 2. The van der Waals surface area contributed by atoms with Gasteiger partial charge in [0.05, 0.1) is 18.9 Å². The SMILES string of the molecule is C=C(C)CNc1cc(OCC)ccc1OCC. The Balaban J connectivity index is 2.85. The molecule has 0 spiro atoms. The summed E-state index contributed by atoms with van der Waals surface area (Å²) < 4.78 is 11.0. The Morgan fingerprint density at radius 1 is 1.24 bits per heavy atom. The van der Waals surface area contributed by atoms with Crippen molar-refractivity contribution in [1.82, 2.24) is 0 Å². The fourth-order valence-corrected chi connectivity index (χ4v) is 1.43. The molecule has 17 heavy (non-hydrogen) atoms. The van der Waals surface area contributed by atoms with Gasteiger partial charge in [-0.2, -0.15) is 0 Å². The number of hydrogen-bond acceptors (Lipinski definition) is 3. The summed E-state index contributed by atoms with van der Waals surface area (Å²) in [5, 5.41) is 3.29. The van der Waals surface area contributed by atoms with Crippen molar-refractivity contribution in [2.24, 2.45) is 0 Å². The molecule has 1 N–H and O–H groups in total. The minimum absolute atomic E-state index is 0.649. The van der Waals surface area contributed by atoms with Crippen LogP contribution in [0.1, 0.15) is 20.8 Å². The van der Waals surface area contributed by atoms with E-state index in [-0.39, 0.29) is 0 Å². The van der Waals surface area contributed by atoms with Crippen LogP contribution in [0.2, 0.25) is 0 Å². The van der Waals surface area contributed by atoms with E-state index in [0.29, 0.717) is 13.2 Å². The Kier molecular flexibility index (Phi) is 5.40. The Labute approximate surface area is 103 Å². The predicted octanol–water partition coefficient (Wildman–Crippen LogP) is 3.47. The van der Waals surface area contributed by atoms with E-state index in [9.17, 15) is 0 Å². The molecule has 1 aromatic rings. The fraction of sp³-hybridized carbons (Fsp3) is 0.429. The third-order valence-electron chi connectivity index (χ3n) is 2.14. The van der Waals surface area contributed by atoms with Crippen LogP contribution >= 0.6 is 0 Å². The Hall–Kier alpha value is -1.64. The summed E-state index contributed by atoms with van der Waals surface area (Å²) in [6, 6.07) is 5.80. The Morgan fingerprint density at radius 3 is 2.53 bits per heavy atom. The summed E-state index contributed by atoms with van der Waals surface area (Å²) in [7, 11) is 0. The molecule has 0 aliphatic carbocycles. The highest BCUT2D eigenvalue weighted by Crippen LogP contribution is 2.29. The summed E-state index contributed by atoms with van der Waals surface area (Å²) >= 11 is 0. The first-order valence-electron chi connectivity index (χ1n) is 5.95. The summed E-state index contributed by atoms with van der Waals surface area (Å²) in [4.78, 5) is 0. The van der Waals surface area contributed by atoms with E-state index >= 15 is 0 Å². The van der Waals surface area contributed by atoms with Gasteiger partial charge in [-0.3, -0.25) is 0 Å². The smallest absolute Gasteiger partial charge is 0.142 e. The van der Waals surface area contributed by atoms with E-state index in [1.807, 2.05) is 39.0 Å². The molecule has 0 heterocycles. The average Bonchev–Trinajstić information content (AvgIpc) is 2.29. The molecule has 3 heteroatoms. The molecule has 0 radical (unpaired) electrons. The largest absolute Gasteiger partial charge is 0.494 e. The standard InChI is InChI=1S/C14H21NO2/c1-5-16-12-7-8-14(17-6-2)13(9-12)15-10-11(3)4/h7-9,15H,3,5-6,10H2,1-2,4H3. The molecular weight excluding hydrogens is 214 g/mol. The predicted molar refractivity (Wildman–Crippen MR) is 72.1 cm³/mol. The molecule has 0 bridgehead atoms. The van der Waals surface area contributed by atoms with E-state index < -0.39 is 0 Å². The number of hydrogen-bond donors (Lipinski definition) is 1. The van der Waals surface area contributed by atoms with Gasteiger partial charge in [0.2, 0.25) is 0 Å². The van der Waals surface area contributed by atoms with Crippen LogP contribution in [0.15, 0.2) is 30.4 Å². The van der Waals surface area contributed by atoms with Gasteiger partial charge < -0.3 is 14.8 Å². The van der Waals surface area contributed by atoms with Gasteiger partial charge in [0.1, 0.15) is 11.5 Å². The Morgan fingerprint density at radius 2 is 1.94 bits per heavy atom. The van der Waals surface area contributed by atoms with Crippen molar-refractivity contribution in [2.75, 3.05) is 25.1 Å². The number of nitrogens with one attached hydrogen (secondary N) is 1. The van der Waals surface area contributed by atoms with Gasteiger partial charge in [0.25, 0.3) is 0 Å². The normalized spacial score (nSPS) is 9.82. The molecule has 0 saturated heterocycles. The summed E-state index contributed by atoms with van der Waals surface area (Å²) in [6.45, 7) is 11.8. The molecule has 0 amide bonds. The first-order valence-corrected chi connectivity index (χ1v) is 5.95. The van der Waals surface area contributed by atoms with E-state index in [0.717, 1.165) is 29.3 Å². The van der Waals surface area contributed by atoms with E-state index in [2.05, 4.69) is 11.9 Å². The van der Waals surface area contributed by atoms with Crippen molar-refractivity contribution in [3.8, 4) is 11.5 Å². The van der Waals surface area contributed by atoms with Crippen LogP contribution in [0.5, 0.6) is 11.5 Å². The molecule has 0 aromatic heterocycles. The highest BCUT2D eigenvalue weighted by Gasteiger charge is 2.05. The molecule has 1 rings (SSSR count). The monoisotopic (exact) mass is 235 g/mol. The zero-order valence-corrected chi connectivity index (χ0v) is 10.9. The molecular formula is C14H21NO2. The van der Waals surface area contributed by atoms with Crippen LogP contribution in [0.4, 0.5) is 5.69 Å². The Bertz CT molecular complexity index is 374. The van der Waals surface area contributed by atoms with Gasteiger partial charge in [0, 0.05) is 12.6 Å². The van der Waals surface area contributed by atoms with E-state index in [1.54, 1.807) is 0 Å². The molecule has 94 valence electrons. The van der Waals surface area contributed by atoms with Crippen LogP contribution in [0.3, 0.4) is 0 Å². The van der Waals surface area contributed by atoms with Gasteiger partial charge in [-0.25, -0.2) is 0 Å². The molecule has 0 aliphatic rings. The van der Waals surface area contributed by atoms with Crippen molar-refractivity contribution in [2.45, 2.75) is 20.8 Å². The lowest BCUT2D eigenvalue weighted by Gasteiger charge is -2.14. The van der Waals surface area contributed by atoms with Gasteiger partial charge in [-0.05, 0) is 32.9 Å². The van der Waals surface area contributed by atoms with Crippen molar-refractivity contribution >= 4 is 5.69 Å². The van der Waals surface area contributed by atoms with Crippen LogP contribution in [-0.4, -0.2) is 19.8 Å². The second kappa shape index (κ2) is 6.84. The fourth-order valence-electron chi connectivity index (χ4n) is 1.43. The van der Waals surface area contributed by atoms with E-state index in [4.69, 9.17) is 9.47 Å². The molecule has 0 saturated carbocycles. The second-order valence-electron chi connectivity index (χ2n) is 3.83. The van der Waals surface area contributed by atoms with Crippen LogP contribution in [0, 0.1) is 0 Å². The summed E-state index contributed by atoms with van der Waals surface area (Å²) in [6.07, 6.45) is 0. The first-order chi connectivity index (χ1) is 8.17. The van der Waals surface area contributed by atoms with Gasteiger partial charge in [-0.1, -0.05) is 12.2 Å². The number of rotatable bonds is 7. The highest BCUT2D eigenvalue weighted by molar-refractivity contribution is 5.60. The van der Waals surface area contributed by atoms with Crippen LogP contribution < -0.4 is 14.8 Å². The molecule has 0 atom stereocenters. The van der Waals surface area contributed by atoms with Crippen LogP contribution in [-0.2, 0) is 0 Å². The maximum absolute atomic E-state index is 5.55. The topological polar surface area (TPSA) is 30.5 Å². The minimum Gasteiger partial charge on any atom is -0.494 e. The van der Waals surface area contributed by atoms with Crippen molar-refractivity contribution in [3.05, 3.63) is 30.4 Å². The van der Waals surface area contributed by atoms with Crippen molar-refractivity contribution in [3.63, 3.8) is 0 Å². The molecule has 1 aromatic carbocycles. The summed E-state index contributed by atoms with van der Waals surface area (Å²) in [5.74, 6) is 1.69. The number of anilines is 1. The minimum atomic E-state index is 0.649. The van der Waals surface area contributed by atoms with Gasteiger partial charge >= 0.3 is 0 Å². The van der Waals surface area contributed by atoms with Crippen molar-refractivity contribution < 1.29 is 9.47 Å². The average molecular weight is 235 g/mol. The molecule has 0 aliphatic heterocycles. The second-order valence-corrected chi connectivity index (χ2v) is 3.83. The lowest BCUT2D eigenvalue weighted by atomic mass is 10.2. The maximum Gasteiger partial charge on any atom is 0.142 e. The number of benzene rings is 1. The third-order valence-corrected chi connectivity index (χ3v) is 2.14. The lowest BCUT2D eigenvalue weighted by molar-refractivity contribution is 0.332. The van der Waals surface area contributed by atoms with Crippen LogP contribution in [0.25, 0.3) is 0 Å². The zero-order chi connectivity index (χ0) is 12.7. The first kappa shape index (κ1) is 13.4. The molecule has 0 unspecified atom stereocenters. The van der Waals surface area contributed by atoms with Gasteiger partial charge in [-0.15, -0.1) is 0 Å². The lowest BCUT2D eigenvalue weighted by Crippen LogP contribution is -2.05. The molecule has 0 fully saturated rings. The maximum atomic E-state index is 5.55. The molecule has 3 nitrogen and oxygen atoms in total. The summed E-state index contributed by atoms with van der Waals surface area (Å²) in [5.41, 5.74) is 2.02. The van der Waals surface area contributed by atoms with Crippen molar-refractivity contribution in [1.29, 1.82) is 0 Å². The zero-order valence-electron chi connectivity index (χ0n) is 10.9. The third kappa shape index (κ3) is 4.39.